The molecule has 7 nitrogen and oxygen atoms in total. The van der Waals surface area contributed by atoms with Gasteiger partial charge in [-0.2, -0.15) is 4.98 Å². The molecule has 21 heavy (non-hydrogen) atoms. The van der Waals surface area contributed by atoms with E-state index >= 15 is 0 Å². The fraction of sp³-hybridized carbons (Fsp3) is 0.786. The Morgan fingerprint density at radius 1 is 1.52 bits per heavy atom. The second-order valence-corrected chi connectivity index (χ2v) is 6.97. The quantitative estimate of drug-likeness (QED) is 0.906. The number of nitrogens with zero attached hydrogens (tertiary/aromatic N) is 3. The molecule has 116 valence electrons. The molecule has 0 spiro atoms. The van der Waals surface area contributed by atoms with Gasteiger partial charge in [0.05, 0.1) is 5.54 Å². The van der Waals surface area contributed by atoms with Crippen molar-refractivity contribution in [3.05, 3.63) is 12.2 Å². The SMILES string of the molecule is CC(C)(C)OC(=O)N1CC(CNC2(c3ncon3)CC2)C1. The first-order valence-corrected chi connectivity index (χ1v) is 7.38. The van der Waals surface area contributed by atoms with E-state index in [0.29, 0.717) is 5.92 Å². The largest absolute Gasteiger partial charge is 0.444 e. The number of aromatic nitrogens is 2. The number of hydrogen-bond acceptors (Lipinski definition) is 6. The lowest BCUT2D eigenvalue weighted by Crippen LogP contribution is -2.55. The zero-order valence-electron chi connectivity index (χ0n) is 12.8. The molecule has 0 radical (unpaired) electrons. The Kier molecular flexibility index (Phi) is 3.39. The summed E-state index contributed by atoms with van der Waals surface area (Å²) in [4.78, 5) is 17.7. The number of carbonyl (C=O) groups is 1. The number of ether oxygens (including phenoxy) is 1. The highest BCUT2D eigenvalue weighted by molar-refractivity contribution is 5.69. The fourth-order valence-corrected chi connectivity index (χ4v) is 2.50. The number of hydrogen-bond donors (Lipinski definition) is 1. The first-order chi connectivity index (χ1) is 9.88. The number of amides is 1. The molecule has 1 saturated heterocycles. The van der Waals surface area contributed by atoms with Crippen molar-refractivity contribution in [2.45, 2.75) is 44.8 Å². The first-order valence-electron chi connectivity index (χ1n) is 7.38. The summed E-state index contributed by atoms with van der Waals surface area (Å²) in [5.41, 5.74) is -0.531. The minimum Gasteiger partial charge on any atom is -0.444 e. The van der Waals surface area contributed by atoms with Crippen LogP contribution in [0.25, 0.3) is 0 Å². The third-order valence-corrected chi connectivity index (χ3v) is 3.88. The number of carbonyl (C=O) groups excluding carboxylic acids is 1. The third-order valence-electron chi connectivity index (χ3n) is 3.88. The van der Waals surface area contributed by atoms with Crippen molar-refractivity contribution in [3.8, 4) is 0 Å². The molecule has 1 aliphatic heterocycles. The van der Waals surface area contributed by atoms with Crippen LogP contribution in [0.1, 0.15) is 39.4 Å². The average Bonchev–Trinajstić information content (AvgIpc) is 2.90. The van der Waals surface area contributed by atoms with Gasteiger partial charge in [0, 0.05) is 25.6 Å². The van der Waals surface area contributed by atoms with E-state index < -0.39 is 5.60 Å². The van der Waals surface area contributed by atoms with Gasteiger partial charge in [-0.05, 0) is 33.6 Å². The lowest BCUT2D eigenvalue weighted by Gasteiger charge is -2.40. The smallest absolute Gasteiger partial charge is 0.410 e. The Hall–Kier alpha value is -1.63. The summed E-state index contributed by atoms with van der Waals surface area (Å²) in [6.45, 7) is 7.98. The van der Waals surface area contributed by atoms with E-state index in [1.807, 2.05) is 20.8 Å². The van der Waals surface area contributed by atoms with E-state index in [4.69, 9.17) is 9.26 Å². The van der Waals surface area contributed by atoms with Crippen molar-refractivity contribution in [3.63, 3.8) is 0 Å². The third kappa shape index (κ3) is 3.18. The molecule has 2 fully saturated rings. The maximum atomic E-state index is 11.8. The molecule has 1 amide bonds. The van der Waals surface area contributed by atoms with Crippen molar-refractivity contribution in [2.24, 2.45) is 5.92 Å². The van der Waals surface area contributed by atoms with Crippen LogP contribution in [0.2, 0.25) is 0 Å². The van der Waals surface area contributed by atoms with E-state index in [0.717, 1.165) is 38.3 Å². The van der Waals surface area contributed by atoms with Crippen LogP contribution in [0, 0.1) is 5.92 Å². The van der Waals surface area contributed by atoms with Crippen LogP contribution in [-0.2, 0) is 10.3 Å². The molecule has 0 atom stereocenters. The Morgan fingerprint density at radius 2 is 2.24 bits per heavy atom. The average molecular weight is 294 g/mol. The summed E-state index contributed by atoms with van der Waals surface area (Å²) in [5.74, 6) is 1.20. The van der Waals surface area contributed by atoms with E-state index in [1.54, 1.807) is 4.90 Å². The van der Waals surface area contributed by atoms with Crippen LogP contribution >= 0.6 is 0 Å². The summed E-state index contributed by atoms with van der Waals surface area (Å²) in [7, 11) is 0. The van der Waals surface area contributed by atoms with Crippen LogP contribution in [0.5, 0.6) is 0 Å². The maximum Gasteiger partial charge on any atom is 0.410 e. The highest BCUT2D eigenvalue weighted by atomic mass is 16.6. The van der Waals surface area contributed by atoms with Gasteiger partial charge in [-0.25, -0.2) is 4.79 Å². The molecular formula is C14H22N4O3. The summed E-state index contributed by atoms with van der Waals surface area (Å²) in [5, 5.41) is 7.44. The minimum absolute atomic E-state index is 0.0979. The molecule has 1 aliphatic carbocycles. The van der Waals surface area contributed by atoms with Crippen molar-refractivity contribution in [1.29, 1.82) is 0 Å². The molecule has 0 aromatic carbocycles. The normalized spacial score (nSPS) is 21.0. The van der Waals surface area contributed by atoms with Crippen LogP contribution in [-0.4, -0.2) is 46.4 Å². The lowest BCUT2D eigenvalue weighted by molar-refractivity contribution is -0.00125. The van der Waals surface area contributed by atoms with Crippen molar-refractivity contribution in [2.75, 3.05) is 19.6 Å². The van der Waals surface area contributed by atoms with Gasteiger partial charge in [0.25, 0.3) is 0 Å². The molecule has 1 N–H and O–H groups in total. The molecule has 2 heterocycles. The summed E-state index contributed by atoms with van der Waals surface area (Å²) >= 11 is 0. The Morgan fingerprint density at radius 3 is 2.76 bits per heavy atom. The van der Waals surface area contributed by atoms with Crippen molar-refractivity contribution < 1.29 is 14.1 Å². The number of rotatable bonds is 4. The van der Waals surface area contributed by atoms with E-state index in [9.17, 15) is 4.79 Å². The Labute approximate surface area is 124 Å². The maximum absolute atomic E-state index is 11.8. The molecule has 1 saturated carbocycles. The second kappa shape index (κ2) is 4.98. The molecule has 0 unspecified atom stereocenters. The Balaban J connectivity index is 1.41. The molecule has 7 heteroatoms. The first kappa shape index (κ1) is 14.3. The summed E-state index contributed by atoms with van der Waals surface area (Å²) < 4.78 is 10.2. The molecule has 1 aromatic heterocycles. The van der Waals surface area contributed by atoms with Crippen LogP contribution in [0.15, 0.2) is 10.9 Å². The van der Waals surface area contributed by atoms with Crippen LogP contribution in [0.3, 0.4) is 0 Å². The molecule has 3 rings (SSSR count). The number of nitrogens with one attached hydrogen (secondary N) is 1. The van der Waals surface area contributed by atoms with Crippen LogP contribution in [0.4, 0.5) is 4.79 Å². The predicted molar refractivity (Wildman–Crippen MR) is 74.5 cm³/mol. The van der Waals surface area contributed by atoms with Gasteiger partial charge in [0.1, 0.15) is 5.60 Å². The Bertz CT molecular complexity index is 499. The van der Waals surface area contributed by atoms with Gasteiger partial charge in [-0.3, -0.25) is 0 Å². The van der Waals surface area contributed by atoms with E-state index in [2.05, 4.69) is 15.5 Å². The lowest BCUT2D eigenvalue weighted by atomic mass is 10.00. The molecular weight excluding hydrogens is 272 g/mol. The summed E-state index contributed by atoms with van der Waals surface area (Å²) in [6.07, 6.45) is 3.22. The second-order valence-electron chi connectivity index (χ2n) is 6.97. The summed E-state index contributed by atoms with van der Waals surface area (Å²) in [6, 6.07) is 0. The predicted octanol–water partition coefficient (Wildman–Crippen LogP) is 1.52. The van der Waals surface area contributed by atoms with Gasteiger partial charge in [0.2, 0.25) is 6.39 Å². The molecule has 1 aromatic rings. The van der Waals surface area contributed by atoms with Gasteiger partial charge >= 0.3 is 6.09 Å². The van der Waals surface area contributed by atoms with Crippen molar-refractivity contribution in [1.82, 2.24) is 20.4 Å². The van der Waals surface area contributed by atoms with E-state index in [1.165, 1.54) is 6.39 Å². The van der Waals surface area contributed by atoms with Gasteiger partial charge in [-0.1, -0.05) is 5.16 Å². The van der Waals surface area contributed by atoms with Crippen LogP contribution < -0.4 is 5.32 Å². The fourth-order valence-electron chi connectivity index (χ4n) is 2.50. The molecule has 2 aliphatic rings. The zero-order valence-corrected chi connectivity index (χ0v) is 12.8. The topological polar surface area (TPSA) is 80.5 Å². The zero-order chi connectivity index (χ0) is 15.1. The van der Waals surface area contributed by atoms with Gasteiger partial charge in [-0.15, -0.1) is 0 Å². The monoisotopic (exact) mass is 294 g/mol. The highest BCUT2D eigenvalue weighted by Gasteiger charge is 2.48. The van der Waals surface area contributed by atoms with Gasteiger partial charge < -0.3 is 19.5 Å². The molecule has 0 bridgehead atoms. The minimum atomic E-state index is -0.433. The highest BCUT2D eigenvalue weighted by Crippen LogP contribution is 2.43. The standard InChI is InChI=1S/C14H22N4O3/c1-13(2,3)21-12(19)18-7-10(8-18)6-16-14(4-5-14)11-15-9-20-17-11/h9-10,16H,4-8H2,1-3H3. The van der Waals surface area contributed by atoms with Gasteiger partial charge in [0.15, 0.2) is 5.82 Å². The number of likely N-dealkylation sites (tertiary alicyclic amines) is 1. The van der Waals surface area contributed by atoms with E-state index in [-0.39, 0.29) is 11.6 Å². The van der Waals surface area contributed by atoms with Crippen molar-refractivity contribution >= 4 is 6.09 Å².